The maximum absolute atomic E-state index is 11.7. The molecule has 1 fully saturated rings. The molecule has 5 heteroatoms. The summed E-state index contributed by atoms with van der Waals surface area (Å²) >= 11 is 0. The summed E-state index contributed by atoms with van der Waals surface area (Å²) in [6.07, 6.45) is 10.6. The third kappa shape index (κ3) is 2.87. The summed E-state index contributed by atoms with van der Waals surface area (Å²) < 4.78 is 1.86. The van der Waals surface area contributed by atoms with Gasteiger partial charge in [-0.05, 0) is 30.5 Å². The van der Waals surface area contributed by atoms with Crippen molar-refractivity contribution >= 4 is 5.91 Å². The summed E-state index contributed by atoms with van der Waals surface area (Å²) in [6, 6.07) is 3.92. The van der Waals surface area contributed by atoms with Gasteiger partial charge in [-0.2, -0.15) is 5.10 Å². The topological polar surface area (TPSA) is 59.8 Å². The van der Waals surface area contributed by atoms with Gasteiger partial charge in [-0.15, -0.1) is 0 Å². The second-order valence-corrected chi connectivity index (χ2v) is 5.15. The first-order valence-electron chi connectivity index (χ1n) is 7.03. The Hall–Kier alpha value is -2.17. The average molecular weight is 270 g/mol. The molecule has 1 N–H and O–H groups in total. The van der Waals surface area contributed by atoms with Gasteiger partial charge in [0.25, 0.3) is 0 Å². The molecule has 0 spiro atoms. The third-order valence-corrected chi connectivity index (χ3v) is 3.76. The van der Waals surface area contributed by atoms with E-state index in [0.717, 1.165) is 24.0 Å². The summed E-state index contributed by atoms with van der Waals surface area (Å²) in [5, 5.41) is 7.29. The van der Waals surface area contributed by atoms with Crippen LogP contribution in [0.15, 0.2) is 36.9 Å². The molecular formula is C15H18N4O. The van der Waals surface area contributed by atoms with Crippen LogP contribution in [0.2, 0.25) is 0 Å². The van der Waals surface area contributed by atoms with Crippen LogP contribution >= 0.6 is 0 Å². The number of carbonyl (C=O) groups excluding carboxylic acids is 1. The van der Waals surface area contributed by atoms with Crippen molar-refractivity contribution in [2.75, 3.05) is 6.54 Å². The Bertz CT molecular complexity index is 575. The Morgan fingerprint density at radius 3 is 2.80 bits per heavy atom. The Balaban J connectivity index is 1.51. The highest BCUT2D eigenvalue weighted by Gasteiger charge is 2.24. The zero-order chi connectivity index (χ0) is 13.8. The first-order valence-corrected chi connectivity index (χ1v) is 7.03. The summed E-state index contributed by atoms with van der Waals surface area (Å²) in [6.45, 7) is 1.33. The summed E-state index contributed by atoms with van der Waals surface area (Å²) in [7, 11) is 0. The van der Waals surface area contributed by atoms with Crippen molar-refractivity contribution in [1.29, 1.82) is 0 Å². The Morgan fingerprint density at radius 2 is 2.10 bits per heavy atom. The molecule has 0 aliphatic heterocycles. The predicted octanol–water partition coefficient (Wildman–Crippen LogP) is 1.86. The summed E-state index contributed by atoms with van der Waals surface area (Å²) in [4.78, 5) is 15.7. The molecule has 104 valence electrons. The molecule has 2 aromatic rings. The van der Waals surface area contributed by atoms with Crippen LogP contribution in [-0.4, -0.2) is 27.2 Å². The van der Waals surface area contributed by atoms with E-state index >= 15 is 0 Å². The highest BCUT2D eigenvalue weighted by molar-refractivity contribution is 5.79. The van der Waals surface area contributed by atoms with Crippen molar-refractivity contribution in [3.8, 4) is 11.1 Å². The van der Waals surface area contributed by atoms with E-state index in [1.54, 1.807) is 12.4 Å². The van der Waals surface area contributed by atoms with Gasteiger partial charge >= 0.3 is 0 Å². The average Bonchev–Trinajstić information content (AvgIpc) is 2.86. The molecule has 1 amide bonds. The second-order valence-electron chi connectivity index (χ2n) is 5.15. The number of nitrogens with one attached hydrogen (secondary N) is 1. The molecule has 0 saturated heterocycles. The third-order valence-electron chi connectivity index (χ3n) is 3.76. The lowest BCUT2D eigenvalue weighted by Crippen LogP contribution is -2.36. The molecule has 0 radical (unpaired) electrons. The molecule has 1 aliphatic carbocycles. The number of rotatable bonds is 5. The number of carbonyl (C=O) groups is 1. The van der Waals surface area contributed by atoms with Crippen molar-refractivity contribution < 1.29 is 4.79 Å². The number of aromatic nitrogens is 3. The first kappa shape index (κ1) is 12.8. The number of pyridine rings is 1. The van der Waals surface area contributed by atoms with E-state index in [4.69, 9.17) is 0 Å². The van der Waals surface area contributed by atoms with Crippen molar-refractivity contribution in [3.63, 3.8) is 0 Å². The molecule has 1 aliphatic rings. The van der Waals surface area contributed by atoms with Crippen molar-refractivity contribution in [3.05, 3.63) is 36.9 Å². The largest absolute Gasteiger partial charge is 0.354 e. The molecule has 0 aromatic carbocycles. The Morgan fingerprint density at radius 1 is 1.30 bits per heavy atom. The van der Waals surface area contributed by atoms with Crippen molar-refractivity contribution in [1.82, 2.24) is 20.1 Å². The normalized spacial score (nSPS) is 14.8. The second kappa shape index (κ2) is 5.86. The fourth-order valence-corrected chi connectivity index (χ4v) is 2.29. The molecule has 0 atom stereocenters. The maximum atomic E-state index is 11.7. The monoisotopic (exact) mass is 270 g/mol. The van der Waals surface area contributed by atoms with E-state index in [0.29, 0.717) is 13.1 Å². The Labute approximate surface area is 118 Å². The van der Waals surface area contributed by atoms with Gasteiger partial charge in [-0.1, -0.05) is 6.42 Å². The molecular weight excluding hydrogens is 252 g/mol. The predicted molar refractivity (Wildman–Crippen MR) is 75.8 cm³/mol. The maximum Gasteiger partial charge on any atom is 0.223 e. The first-order chi connectivity index (χ1) is 9.83. The standard InChI is InChI=1S/C15H18N4O/c20-15(13-2-1-3-13)17-8-9-19-11-14(10-18-19)12-4-6-16-7-5-12/h4-7,10-11,13H,1-3,8-9H2,(H,17,20). The van der Waals surface area contributed by atoms with Gasteiger partial charge in [0.05, 0.1) is 12.7 Å². The van der Waals surface area contributed by atoms with Gasteiger partial charge in [0, 0.05) is 36.6 Å². The molecule has 20 heavy (non-hydrogen) atoms. The molecule has 3 rings (SSSR count). The summed E-state index contributed by atoms with van der Waals surface area (Å²) in [5.74, 6) is 0.442. The number of amides is 1. The van der Waals surface area contributed by atoms with E-state index in [-0.39, 0.29) is 11.8 Å². The lowest BCUT2D eigenvalue weighted by Gasteiger charge is -2.23. The Kier molecular flexibility index (Phi) is 3.76. The quantitative estimate of drug-likeness (QED) is 0.902. The van der Waals surface area contributed by atoms with Gasteiger partial charge in [0.15, 0.2) is 0 Å². The minimum atomic E-state index is 0.192. The van der Waals surface area contributed by atoms with Crippen LogP contribution in [0.4, 0.5) is 0 Å². The number of hydrogen-bond donors (Lipinski definition) is 1. The van der Waals surface area contributed by atoms with Crippen molar-refractivity contribution in [2.24, 2.45) is 5.92 Å². The zero-order valence-corrected chi connectivity index (χ0v) is 11.3. The van der Waals surface area contributed by atoms with Crippen LogP contribution in [0.25, 0.3) is 11.1 Å². The van der Waals surface area contributed by atoms with Crippen LogP contribution in [0, 0.1) is 5.92 Å². The van der Waals surface area contributed by atoms with Gasteiger partial charge < -0.3 is 5.32 Å². The molecule has 0 bridgehead atoms. The number of nitrogens with zero attached hydrogens (tertiary/aromatic N) is 3. The molecule has 1 saturated carbocycles. The fraction of sp³-hybridized carbons (Fsp3) is 0.400. The highest BCUT2D eigenvalue weighted by atomic mass is 16.1. The van der Waals surface area contributed by atoms with Gasteiger partial charge in [0.1, 0.15) is 0 Å². The van der Waals surface area contributed by atoms with Gasteiger partial charge in [-0.25, -0.2) is 0 Å². The van der Waals surface area contributed by atoms with Crippen molar-refractivity contribution in [2.45, 2.75) is 25.8 Å². The smallest absolute Gasteiger partial charge is 0.223 e. The van der Waals surface area contributed by atoms with Crippen LogP contribution in [0.1, 0.15) is 19.3 Å². The fourth-order valence-electron chi connectivity index (χ4n) is 2.29. The van der Waals surface area contributed by atoms with E-state index in [9.17, 15) is 4.79 Å². The lowest BCUT2D eigenvalue weighted by atomic mass is 9.85. The van der Waals surface area contributed by atoms with E-state index in [2.05, 4.69) is 15.4 Å². The van der Waals surface area contributed by atoms with Crippen LogP contribution in [0.3, 0.4) is 0 Å². The minimum absolute atomic E-state index is 0.192. The molecule has 0 unspecified atom stereocenters. The minimum Gasteiger partial charge on any atom is -0.354 e. The van der Waals surface area contributed by atoms with Gasteiger partial charge in [0.2, 0.25) is 5.91 Å². The van der Waals surface area contributed by atoms with Crippen LogP contribution in [-0.2, 0) is 11.3 Å². The molecule has 5 nitrogen and oxygen atoms in total. The lowest BCUT2D eigenvalue weighted by molar-refractivity contribution is -0.127. The van der Waals surface area contributed by atoms with Gasteiger partial charge in [-0.3, -0.25) is 14.5 Å². The zero-order valence-electron chi connectivity index (χ0n) is 11.3. The van der Waals surface area contributed by atoms with Crippen LogP contribution < -0.4 is 5.32 Å². The highest BCUT2D eigenvalue weighted by Crippen LogP contribution is 2.26. The summed E-state index contributed by atoms with van der Waals surface area (Å²) in [5.41, 5.74) is 2.17. The molecule has 2 aromatic heterocycles. The van der Waals surface area contributed by atoms with Crippen LogP contribution in [0.5, 0.6) is 0 Å². The van der Waals surface area contributed by atoms with E-state index < -0.39 is 0 Å². The van der Waals surface area contributed by atoms with E-state index in [1.165, 1.54) is 6.42 Å². The molecule has 2 heterocycles. The van der Waals surface area contributed by atoms with E-state index in [1.807, 2.05) is 29.2 Å². The number of hydrogen-bond acceptors (Lipinski definition) is 3. The SMILES string of the molecule is O=C(NCCn1cc(-c2ccncc2)cn1)C1CCC1.